The van der Waals surface area contributed by atoms with Gasteiger partial charge in [-0.25, -0.2) is 14.3 Å². The van der Waals surface area contributed by atoms with E-state index in [2.05, 4.69) is 48.4 Å². The first kappa shape index (κ1) is 58.1. The normalized spacial score (nSPS) is 28.6. The van der Waals surface area contributed by atoms with E-state index in [0.717, 1.165) is 109 Å². The van der Waals surface area contributed by atoms with Gasteiger partial charge in [0.15, 0.2) is 24.5 Å². The summed E-state index contributed by atoms with van der Waals surface area (Å²) in [6.07, 6.45) is 20.5. The lowest BCUT2D eigenvalue weighted by atomic mass is 9.46. The Morgan fingerprint density at radius 3 is 2.42 bits per heavy atom. The summed E-state index contributed by atoms with van der Waals surface area (Å²) in [6, 6.07) is 22.0. The minimum atomic E-state index is -4.94. The zero-order chi connectivity index (χ0) is 56.0. The largest absolute Gasteiger partial charge is 0.524 e. The van der Waals surface area contributed by atoms with Gasteiger partial charge in [-0.3, -0.25) is 19.4 Å². The number of ether oxygens (including phenoxy) is 4. The highest BCUT2D eigenvalue weighted by Crippen LogP contribution is 2.68. The maximum atomic E-state index is 14.7. The number of H-pyrrole nitrogens is 1. The zero-order valence-electron chi connectivity index (χ0n) is 46.3. The number of carbonyl (C=O) groups is 3. The molecule has 0 spiro atoms. The SMILES string of the molecule is C[C@]12C=CC(=O)C=C1CCC1C2C(O)C[C@@]2(C)C1C1O[C@@H](C3CCCCC3)OC1[C@@H]2C(=O)COC(=O)c1ccc(-[n+]2cc[nH]c2Cc2cc(C(O)CNCCCCCCOCCCCc3ccccc3)ccc2OP(=O)(O)O)cc1. The van der Waals surface area contributed by atoms with Crippen molar-refractivity contribution in [3.8, 4) is 11.4 Å². The predicted octanol–water partition coefficient (Wildman–Crippen LogP) is 9.11. The van der Waals surface area contributed by atoms with E-state index in [9.17, 15) is 38.9 Å². The van der Waals surface area contributed by atoms with Crippen molar-refractivity contribution >= 4 is 25.4 Å². The molecule has 16 nitrogen and oxygen atoms in total. The lowest BCUT2D eigenvalue weighted by Gasteiger charge is -2.59. The fourth-order valence-corrected chi connectivity index (χ4v) is 15.2. The van der Waals surface area contributed by atoms with Gasteiger partial charge in [-0.05, 0) is 148 Å². The average Bonchev–Trinajstić information content (AvgIpc) is 4.30. The topological polar surface area (TPSA) is 227 Å². The van der Waals surface area contributed by atoms with E-state index in [0.29, 0.717) is 29.1 Å². The molecule has 6 aliphatic rings. The van der Waals surface area contributed by atoms with Crippen LogP contribution in [0.5, 0.6) is 5.75 Å². The third-order valence-corrected chi connectivity index (χ3v) is 19.0. The van der Waals surface area contributed by atoms with Crippen LogP contribution in [0, 0.1) is 40.4 Å². The Balaban J connectivity index is 0.739. The number of carbonyl (C=O) groups excluding carboxylic acids is 3. The molecule has 5 fully saturated rings. The molecule has 1 saturated heterocycles. The van der Waals surface area contributed by atoms with Crippen LogP contribution in [0.15, 0.2) is 109 Å². The van der Waals surface area contributed by atoms with Crippen molar-refractivity contribution < 1.29 is 67.0 Å². The maximum Gasteiger partial charge on any atom is 0.524 e. The summed E-state index contributed by atoms with van der Waals surface area (Å²) in [5.41, 5.74) is 3.10. The van der Waals surface area contributed by atoms with Crippen molar-refractivity contribution in [3.63, 3.8) is 0 Å². The van der Waals surface area contributed by atoms with Gasteiger partial charge in [0.2, 0.25) is 0 Å². The third-order valence-electron chi connectivity index (χ3n) is 18.6. The monoisotopic (exact) mass is 1120 g/mol. The second kappa shape index (κ2) is 25.6. The van der Waals surface area contributed by atoms with Crippen LogP contribution < -0.4 is 14.4 Å². The van der Waals surface area contributed by atoms with E-state index >= 15 is 0 Å². The van der Waals surface area contributed by atoms with Crippen LogP contribution in [-0.2, 0) is 45.9 Å². The van der Waals surface area contributed by atoms with Gasteiger partial charge < -0.3 is 39.0 Å². The number of aromatic nitrogens is 2. The number of allylic oxidation sites excluding steroid dienone is 4. The molecule has 10 rings (SSSR count). The van der Waals surface area contributed by atoms with E-state index in [1.165, 1.54) is 18.1 Å². The predicted molar refractivity (Wildman–Crippen MR) is 298 cm³/mol. The molecule has 6 N–H and O–H groups in total. The Bertz CT molecular complexity index is 2900. The molecule has 0 bridgehead atoms. The van der Waals surface area contributed by atoms with Crippen molar-refractivity contribution in [1.29, 1.82) is 0 Å². The van der Waals surface area contributed by atoms with Crippen LogP contribution in [0.25, 0.3) is 5.69 Å². The second-order valence-corrected chi connectivity index (χ2v) is 25.0. The van der Waals surface area contributed by atoms with Gasteiger partial charge in [0.05, 0.1) is 42.3 Å². The number of imidazole rings is 1. The van der Waals surface area contributed by atoms with E-state index < -0.39 is 61.7 Å². The van der Waals surface area contributed by atoms with Crippen LogP contribution in [-0.4, -0.2) is 100 Å². The number of unbranched alkanes of at least 4 members (excludes halogenated alkanes) is 4. The Hall–Kier alpha value is -5.13. The molecule has 11 atom stereocenters. The number of ketones is 2. The first-order valence-electron chi connectivity index (χ1n) is 29.3. The number of phosphoric ester groups is 1. The lowest BCUT2D eigenvalue weighted by Crippen LogP contribution is -2.58. The smallest absolute Gasteiger partial charge is 0.454 e. The molecule has 430 valence electrons. The number of rotatable bonds is 25. The molecule has 4 saturated carbocycles. The van der Waals surface area contributed by atoms with Gasteiger partial charge in [-0.15, -0.1) is 0 Å². The van der Waals surface area contributed by atoms with Gasteiger partial charge in [-0.1, -0.05) is 94.0 Å². The fraction of sp³-hybridized carbons (Fsp3) is 0.556. The first-order valence-corrected chi connectivity index (χ1v) is 30.8. The first-order chi connectivity index (χ1) is 38.6. The lowest BCUT2D eigenvalue weighted by molar-refractivity contribution is -0.602. The standard InChI is InChI=1S/C63H80N3O13P/c1-62-29-28-48(67)37-46(62)23-26-49-55(62)50(68)38-63(2)56(49)58-59(78-61(77-58)43-18-9-6-10-19-43)57(63)52(70)40-76-60(71)42-20-24-47(25-21-42)66-32-31-65-54(66)36-45-35-44(22-27-53(45)79-80(72,73)74)51(69)39-64-30-12-3-4-13-33-75-34-14-11-17-41-15-7-5-8-16-41/h5,7-8,15-16,20-22,24-25,27-29,31-32,35,37,43,49-51,55-59,61,64,68-69H,3-4,6,9-14,17-19,23,26,30,33-34,36,38-40H2,1-2H3,(H2,72,73,74)/p+1/t49?,50?,51?,55?,56?,57-,58?,59?,61+,62-,63-/m0/s1. The van der Waals surface area contributed by atoms with E-state index in [1.54, 1.807) is 60.9 Å². The van der Waals surface area contributed by atoms with Crippen molar-refractivity contribution in [2.45, 2.75) is 147 Å². The maximum absolute atomic E-state index is 14.7. The summed E-state index contributed by atoms with van der Waals surface area (Å²) in [6.45, 7) is 6.30. The van der Waals surface area contributed by atoms with Crippen molar-refractivity contribution in [2.24, 2.45) is 40.4 Å². The third kappa shape index (κ3) is 13.0. The van der Waals surface area contributed by atoms with Crippen LogP contribution in [0.3, 0.4) is 0 Å². The van der Waals surface area contributed by atoms with Crippen molar-refractivity contribution in [2.75, 3.05) is 32.9 Å². The van der Waals surface area contributed by atoms with Crippen molar-refractivity contribution in [1.82, 2.24) is 10.3 Å². The van der Waals surface area contributed by atoms with Crippen LogP contribution in [0.1, 0.15) is 143 Å². The Morgan fingerprint density at radius 2 is 1.65 bits per heavy atom. The number of esters is 1. The minimum absolute atomic E-state index is 0.0105. The number of aliphatic hydroxyl groups excluding tert-OH is 2. The molecule has 4 aromatic rings. The van der Waals surface area contributed by atoms with Gasteiger partial charge in [0.25, 0.3) is 5.82 Å². The number of fused-ring (bicyclic) bond motifs is 7. The molecular weight excluding hydrogens is 1040 g/mol. The summed E-state index contributed by atoms with van der Waals surface area (Å²) in [4.78, 5) is 63.8. The van der Waals surface area contributed by atoms with Gasteiger partial charge in [-0.2, -0.15) is 4.57 Å². The zero-order valence-corrected chi connectivity index (χ0v) is 47.2. The summed E-state index contributed by atoms with van der Waals surface area (Å²) in [5.74, 6) is -1.05. The highest BCUT2D eigenvalue weighted by molar-refractivity contribution is 7.46. The quantitative estimate of drug-likeness (QED) is 0.0158. The molecule has 0 amide bonds. The fourth-order valence-electron chi connectivity index (χ4n) is 14.8. The van der Waals surface area contributed by atoms with Crippen LogP contribution >= 0.6 is 7.82 Å². The number of benzene rings is 3. The highest BCUT2D eigenvalue weighted by atomic mass is 31.2. The molecule has 0 radical (unpaired) electrons. The highest BCUT2D eigenvalue weighted by Gasteiger charge is 2.71. The Kier molecular flexibility index (Phi) is 18.6. The van der Waals surface area contributed by atoms with Crippen molar-refractivity contribution in [3.05, 3.63) is 137 Å². The minimum Gasteiger partial charge on any atom is -0.454 e. The van der Waals surface area contributed by atoms with Crippen LogP contribution in [0.2, 0.25) is 0 Å². The summed E-state index contributed by atoms with van der Waals surface area (Å²) in [7, 11) is -4.94. The number of nitrogens with zero attached hydrogens (tertiary/aromatic N) is 1. The number of hydrogen-bond donors (Lipinski definition) is 6. The molecule has 1 aromatic heterocycles. The number of aliphatic hydroxyl groups is 2. The van der Waals surface area contributed by atoms with Crippen LogP contribution in [0.4, 0.5) is 0 Å². The summed E-state index contributed by atoms with van der Waals surface area (Å²) < 4.78 is 44.5. The van der Waals surface area contributed by atoms with Gasteiger partial charge in [0.1, 0.15) is 23.8 Å². The second-order valence-electron chi connectivity index (χ2n) is 23.8. The molecule has 2 heterocycles. The van der Waals surface area contributed by atoms with E-state index in [-0.39, 0.29) is 65.6 Å². The molecular formula is C63H81N3O13P+. The summed E-state index contributed by atoms with van der Waals surface area (Å²) in [5, 5.41) is 26.7. The molecule has 3 aromatic carbocycles. The van der Waals surface area contributed by atoms with E-state index in [4.69, 9.17) is 23.5 Å². The number of Topliss-reactive ketones (excluding diaryl/α,β-unsaturated/α-hetero) is 1. The molecule has 80 heavy (non-hydrogen) atoms. The summed E-state index contributed by atoms with van der Waals surface area (Å²) >= 11 is 0. The van der Waals surface area contributed by atoms with Gasteiger partial charge >= 0.3 is 13.8 Å². The molecule has 17 heteroatoms. The molecule has 7 unspecified atom stereocenters. The number of nitrogens with one attached hydrogen (secondary N) is 2. The number of aryl methyl sites for hydroxylation is 1. The van der Waals surface area contributed by atoms with E-state index in [1.807, 2.05) is 16.7 Å². The molecule has 5 aliphatic carbocycles. The number of aromatic amines is 1. The Morgan fingerprint density at radius 1 is 0.900 bits per heavy atom. The van der Waals surface area contributed by atoms with Gasteiger partial charge in [0, 0.05) is 42.6 Å². The number of hydrogen-bond acceptors (Lipinski definition) is 12. The Labute approximate surface area is 469 Å². The average molecular weight is 1120 g/mol. The molecule has 1 aliphatic heterocycles. The number of phosphoric acid groups is 1.